The summed E-state index contributed by atoms with van der Waals surface area (Å²) in [5.74, 6) is 0.194. The largest absolute Gasteiger partial charge is 0.484 e. The third-order valence-corrected chi connectivity index (χ3v) is 3.84. The Bertz CT molecular complexity index is 656. The van der Waals surface area contributed by atoms with Gasteiger partial charge in [0.2, 0.25) is 0 Å². The molecule has 0 saturated heterocycles. The minimum absolute atomic E-state index is 0.129. The molecule has 2 aromatic rings. The van der Waals surface area contributed by atoms with Crippen molar-refractivity contribution >= 4 is 49.7 Å². The van der Waals surface area contributed by atoms with Gasteiger partial charge in [0.1, 0.15) is 5.75 Å². The number of ether oxygens (including phenoxy) is 1. The molecule has 0 unspecified atom stereocenters. The van der Waals surface area contributed by atoms with Crippen LogP contribution in [0.5, 0.6) is 5.75 Å². The Morgan fingerprint density at radius 1 is 1.14 bits per heavy atom. The molecular formula is C15H11Br2NO3. The van der Waals surface area contributed by atoms with Gasteiger partial charge in [-0.1, -0.05) is 31.9 Å². The van der Waals surface area contributed by atoms with E-state index in [9.17, 15) is 9.59 Å². The van der Waals surface area contributed by atoms with Crippen molar-refractivity contribution in [3.63, 3.8) is 0 Å². The molecule has 0 aliphatic rings. The van der Waals surface area contributed by atoms with E-state index in [1.165, 1.54) is 0 Å². The third-order valence-electron chi connectivity index (χ3n) is 2.59. The Balaban J connectivity index is 1.92. The lowest BCUT2D eigenvalue weighted by atomic mass is 10.2. The molecule has 0 radical (unpaired) electrons. The van der Waals surface area contributed by atoms with Gasteiger partial charge in [0.05, 0.1) is 0 Å². The van der Waals surface area contributed by atoms with E-state index in [0.29, 0.717) is 21.5 Å². The highest BCUT2D eigenvalue weighted by Crippen LogP contribution is 2.21. The van der Waals surface area contributed by atoms with Crippen LogP contribution in [0.4, 0.5) is 5.69 Å². The number of nitrogens with one attached hydrogen (secondary N) is 1. The van der Waals surface area contributed by atoms with Gasteiger partial charge in [-0.15, -0.1) is 0 Å². The van der Waals surface area contributed by atoms with E-state index in [0.717, 1.165) is 10.8 Å². The molecular weight excluding hydrogens is 402 g/mol. The van der Waals surface area contributed by atoms with Crippen LogP contribution in [-0.4, -0.2) is 18.8 Å². The first-order valence-electron chi connectivity index (χ1n) is 6.01. The maximum Gasteiger partial charge on any atom is 0.262 e. The van der Waals surface area contributed by atoms with E-state index in [2.05, 4.69) is 37.2 Å². The van der Waals surface area contributed by atoms with Crippen LogP contribution in [0, 0.1) is 0 Å². The van der Waals surface area contributed by atoms with Gasteiger partial charge in [0, 0.05) is 20.2 Å². The minimum atomic E-state index is -0.270. The molecule has 21 heavy (non-hydrogen) atoms. The second-order valence-corrected chi connectivity index (χ2v) is 5.91. The fourth-order valence-corrected chi connectivity index (χ4v) is 2.19. The molecule has 0 spiro atoms. The van der Waals surface area contributed by atoms with Crippen LogP contribution in [-0.2, 0) is 4.79 Å². The second kappa shape index (κ2) is 7.38. The average molecular weight is 413 g/mol. The molecule has 0 heterocycles. The lowest BCUT2D eigenvalue weighted by Crippen LogP contribution is -2.20. The Morgan fingerprint density at radius 3 is 2.52 bits per heavy atom. The quantitative estimate of drug-likeness (QED) is 0.754. The molecule has 6 heteroatoms. The molecule has 0 aromatic heterocycles. The van der Waals surface area contributed by atoms with E-state index >= 15 is 0 Å². The van der Waals surface area contributed by atoms with Crippen LogP contribution in [0.3, 0.4) is 0 Å². The van der Waals surface area contributed by atoms with Crippen LogP contribution in [0.25, 0.3) is 0 Å². The number of amides is 1. The van der Waals surface area contributed by atoms with Crippen LogP contribution < -0.4 is 10.1 Å². The lowest BCUT2D eigenvalue weighted by molar-refractivity contribution is -0.118. The van der Waals surface area contributed by atoms with Gasteiger partial charge < -0.3 is 10.1 Å². The first kappa shape index (κ1) is 15.7. The summed E-state index contributed by atoms with van der Waals surface area (Å²) in [4.78, 5) is 22.6. The molecule has 2 aromatic carbocycles. The summed E-state index contributed by atoms with van der Waals surface area (Å²) in [6.45, 7) is -0.129. The SMILES string of the molecule is O=Cc1cc(OCC(=O)Nc2ccc(Br)cc2)ccc1Br. The molecule has 0 fully saturated rings. The van der Waals surface area contributed by atoms with Gasteiger partial charge in [-0.05, 0) is 42.5 Å². The summed E-state index contributed by atoms with van der Waals surface area (Å²) in [6, 6.07) is 12.2. The summed E-state index contributed by atoms with van der Waals surface area (Å²) < 4.78 is 6.98. The molecule has 0 aliphatic heterocycles. The van der Waals surface area contributed by atoms with Gasteiger partial charge >= 0.3 is 0 Å². The molecule has 0 atom stereocenters. The fraction of sp³-hybridized carbons (Fsp3) is 0.0667. The number of anilines is 1. The highest BCUT2D eigenvalue weighted by Gasteiger charge is 2.06. The summed E-state index contributed by atoms with van der Waals surface area (Å²) in [5, 5.41) is 2.72. The minimum Gasteiger partial charge on any atom is -0.484 e. The van der Waals surface area contributed by atoms with Crippen molar-refractivity contribution in [3.8, 4) is 5.75 Å². The second-order valence-electron chi connectivity index (χ2n) is 4.14. The zero-order chi connectivity index (χ0) is 15.2. The number of carbonyl (C=O) groups is 2. The number of halogens is 2. The first-order chi connectivity index (χ1) is 10.1. The molecule has 1 amide bonds. The average Bonchev–Trinajstić information content (AvgIpc) is 2.49. The zero-order valence-electron chi connectivity index (χ0n) is 10.8. The van der Waals surface area contributed by atoms with Crippen molar-refractivity contribution in [3.05, 3.63) is 57.0 Å². The number of aldehydes is 1. The molecule has 1 N–H and O–H groups in total. The highest BCUT2D eigenvalue weighted by molar-refractivity contribution is 9.10. The molecule has 108 valence electrons. The van der Waals surface area contributed by atoms with Crippen molar-refractivity contribution in [2.45, 2.75) is 0 Å². The predicted octanol–water partition coefficient (Wildman–Crippen LogP) is 4.04. The summed E-state index contributed by atoms with van der Waals surface area (Å²) in [5.41, 5.74) is 1.16. The molecule has 0 aliphatic carbocycles. The maximum absolute atomic E-state index is 11.8. The van der Waals surface area contributed by atoms with E-state index in [1.807, 2.05) is 12.1 Å². The zero-order valence-corrected chi connectivity index (χ0v) is 14.0. The van der Waals surface area contributed by atoms with E-state index in [1.54, 1.807) is 30.3 Å². The summed E-state index contributed by atoms with van der Waals surface area (Å²) >= 11 is 6.57. The molecule has 0 bridgehead atoms. The van der Waals surface area contributed by atoms with Crippen molar-refractivity contribution in [1.29, 1.82) is 0 Å². The van der Waals surface area contributed by atoms with Crippen molar-refractivity contribution in [2.75, 3.05) is 11.9 Å². The molecule has 4 nitrogen and oxygen atoms in total. The molecule has 0 saturated carbocycles. The Kier molecular flexibility index (Phi) is 5.52. The van der Waals surface area contributed by atoms with E-state index in [-0.39, 0.29) is 12.5 Å². The van der Waals surface area contributed by atoms with E-state index in [4.69, 9.17) is 4.74 Å². The van der Waals surface area contributed by atoms with Gasteiger partial charge in [-0.25, -0.2) is 0 Å². The van der Waals surface area contributed by atoms with Gasteiger partial charge in [0.25, 0.3) is 5.91 Å². The summed E-state index contributed by atoms with van der Waals surface area (Å²) in [7, 11) is 0. The lowest BCUT2D eigenvalue weighted by Gasteiger charge is -2.08. The van der Waals surface area contributed by atoms with Crippen LogP contribution in [0.15, 0.2) is 51.4 Å². The Hall–Kier alpha value is -1.66. The van der Waals surface area contributed by atoms with Crippen molar-refractivity contribution in [1.82, 2.24) is 0 Å². The fourth-order valence-electron chi connectivity index (χ4n) is 1.58. The number of rotatable bonds is 5. The highest BCUT2D eigenvalue weighted by atomic mass is 79.9. The number of hydrogen-bond donors (Lipinski definition) is 1. The van der Waals surface area contributed by atoms with Gasteiger partial charge in [-0.2, -0.15) is 0 Å². The smallest absolute Gasteiger partial charge is 0.262 e. The first-order valence-corrected chi connectivity index (χ1v) is 7.60. The van der Waals surface area contributed by atoms with Gasteiger partial charge in [-0.3, -0.25) is 9.59 Å². The van der Waals surface area contributed by atoms with Crippen LogP contribution in [0.2, 0.25) is 0 Å². The predicted molar refractivity (Wildman–Crippen MR) is 87.8 cm³/mol. The third kappa shape index (κ3) is 4.68. The van der Waals surface area contributed by atoms with Crippen molar-refractivity contribution in [2.24, 2.45) is 0 Å². The summed E-state index contributed by atoms with van der Waals surface area (Å²) in [6.07, 6.45) is 0.721. The standard InChI is InChI=1S/C15H11Br2NO3/c16-11-1-3-12(4-2-11)18-15(20)9-21-13-5-6-14(17)10(7-13)8-19/h1-8H,9H2,(H,18,20). The number of hydrogen-bond acceptors (Lipinski definition) is 3. The maximum atomic E-state index is 11.8. The number of benzene rings is 2. The van der Waals surface area contributed by atoms with E-state index < -0.39 is 0 Å². The number of carbonyl (C=O) groups excluding carboxylic acids is 2. The normalized spacial score (nSPS) is 10.0. The Morgan fingerprint density at radius 2 is 1.86 bits per heavy atom. The van der Waals surface area contributed by atoms with Crippen LogP contribution in [0.1, 0.15) is 10.4 Å². The van der Waals surface area contributed by atoms with Gasteiger partial charge in [0.15, 0.2) is 12.9 Å². The monoisotopic (exact) mass is 411 g/mol. The Labute approximate surface area is 138 Å². The molecule has 2 rings (SSSR count). The van der Waals surface area contributed by atoms with Crippen molar-refractivity contribution < 1.29 is 14.3 Å². The van der Waals surface area contributed by atoms with Crippen LogP contribution >= 0.6 is 31.9 Å². The topological polar surface area (TPSA) is 55.4 Å².